The van der Waals surface area contributed by atoms with E-state index in [9.17, 15) is 10.1 Å². The number of phenolic OH excluding ortho intramolecular Hbond substituents is 1. The molecular formula is C6H5HgNO4. The molecule has 0 fully saturated rings. The SMILES string of the molecule is O=[N+]([O-])c1ccc(O)[c]([Hg][OH])c1. The number of rotatable bonds is 2. The Morgan fingerprint density at radius 3 is 2.67 bits per heavy atom. The van der Waals surface area contributed by atoms with Gasteiger partial charge in [-0.2, -0.15) is 0 Å². The fourth-order valence-corrected chi connectivity index (χ4v) is 3.07. The van der Waals surface area contributed by atoms with Crippen LogP contribution in [0, 0.1) is 10.1 Å². The number of benzene rings is 1. The first-order chi connectivity index (χ1) is 5.65. The Kier molecular flexibility index (Phi) is 2.99. The first kappa shape index (κ1) is 9.40. The van der Waals surface area contributed by atoms with Crippen LogP contribution in [0.1, 0.15) is 0 Å². The summed E-state index contributed by atoms with van der Waals surface area (Å²) in [4.78, 5) is 9.70. The molecule has 0 aromatic heterocycles. The van der Waals surface area contributed by atoms with E-state index in [0.717, 1.165) is 0 Å². The second-order valence-electron chi connectivity index (χ2n) is 2.23. The van der Waals surface area contributed by atoms with Crippen molar-refractivity contribution in [1.82, 2.24) is 0 Å². The molecule has 0 atom stereocenters. The van der Waals surface area contributed by atoms with E-state index in [1.54, 1.807) is 0 Å². The minimum atomic E-state index is -2.23. The topological polar surface area (TPSA) is 83.6 Å². The van der Waals surface area contributed by atoms with Crippen molar-refractivity contribution in [2.45, 2.75) is 0 Å². The normalized spacial score (nSPS) is 9.08. The van der Waals surface area contributed by atoms with Crippen molar-refractivity contribution < 1.29 is 38.1 Å². The van der Waals surface area contributed by atoms with Crippen molar-refractivity contribution >= 4 is 8.76 Å². The van der Waals surface area contributed by atoms with Crippen LogP contribution in [-0.2, 0) is 25.0 Å². The van der Waals surface area contributed by atoms with Gasteiger partial charge in [-0.05, 0) is 0 Å². The van der Waals surface area contributed by atoms with Gasteiger partial charge in [0.05, 0.1) is 0 Å². The van der Waals surface area contributed by atoms with E-state index >= 15 is 0 Å². The third kappa shape index (κ3) is 1.92. The van der Waals surface area contributed by atoms with Gasteiger partial charge in [0.15, 0.2) is 0 Å². The summed E-state index contributed by atoms with van der Waals surface area (Å²) >= 11 is -2.23. The van der Waals surface area contributed by atoms with Crippen molar-refractivity contribution in [2.75, 3.05) is 0 Å². The Hall–Kier alpha value is -0.685. The van der Waals surface area contributed by atoms with Gasteiger partial charge in [0.1, 0.15) is 0 Å². The van der Waals surface area contributed by atoms with Crippen LogP contribution < -0.4 is 3.07 Å². The molecule has 0 radical (unpaired) electrons. The predicted octanol–water partition coefficient (Wildman–Crippen LogP) is -0.0845. The molecule has 60 valence electrons. The van der Waals surface area contributed by atoms with Crippen LogP contribution in [-0.4, -0.2) is 13.0 Å². The minimum absolute atomic E-state index is 0.0373. The van der Waals surface area contributed by atoms with Crippen molar-refractivity contribution in [3.63, 3.8) is 0 Å². The van der Waals surface area contributed by atoms with Crippen LogP contribution in [0.2, 0.25) is 0 Å². The molecule has 1 aromatic rings. The monoisotopic (exact) mass is 357 g/mol. The first-order valence-corrected chi connectivity index (χ1v) is 8.43. The molecule has 0 spiro atoms. The van der Waals surface area contributed by atoms with E-state index in [0.29, 0.717) is 3.07 Å². The number of nitrogens with zero attached hydrogens (tertiary/aromatic N) is 1. The van der Waals surface area contributed by atoms with E-state index in [4.69, 9.17) is 8.12 Å². The van der Waals surface area contributed by atoms with Crippen molar-refractivity contribution in [3.05, 3.63) is 28.3 Å². The summed E-state index contributed by atoms with van der Waals surface area (Å²) in [6, 6.07) is 3.68. The first-order valence-electron chi connectivity index (χ1n) is 3.22. The van der Waals surface area contributed by atoms with Crippen molar-refractivity contribution in [3.8, 4) is 5.75 Å². The molecule has 0 aliphatic heterocycles. The number of hydrogen-bond donors (Lipinski definition) is 2. The van der Waals surface area contributed by atoms with Crippen LogP contribution in [0.4, 0.5) is 5.69 Å². The van der Waals surface area contributed by atoms with Gasteiger partial charge in [0, 0.05) is 0 Å². The number of aromatic hydroxyl groups is 1. The molecule has 0 saturated heterocycles. The van der Waals surface area contributed by atoms with Gasteiger partial charge >= 0.3 is 80.9 Å². The zero-order valence-corrected chi connectivity index (χ0v) is 11.6. The van der Waals surface area contributed by atoms with Gasteiger partial charge in [0.2, 0.25) is 0 Å². The number of hydrogen-bond acceptors (Lipinski definition) is 4. The Balaban J connectivity index is 3.13. The Labute approximate surface area is 80.9 Å². The second-order valence-corrected chi connectivity index (χ2v) is 6.42. The molecule has 0 aliphatic rings. The molecule has 0 aliphatic carbocycles. The van der Waals surface area contributed by atoms with Gasteiger partial charge in [-0.25, -0.2) is 0 Å². The molecule has 0 heterocycles. The number of nitro groups is 1. The van der Waals surface area contributed by atoms with E-state index in [2.05, 4.69) is 0 Å². The maximum atomic E-state index is 10.2. The Bertz CT molecular complexity index is 314. The molecule has 1 aromatic carbocycles. The van der Waals surface area contributed by atoms with Gasteiger partial charge in [-0.15, -0.1) is 0 Å². The Morgan fingerprint density at radius 2 is 2.17 bits per heavy atom. The molecule has 6 heteroatoms. The van der Waals surface area contributed by atoms with Crippen LogP contribution in [0.15, 0.2) is 18.2 Å². The number of non-ortho nitro benzene ring substituents is 1. The second kappa shape index (κ2) is 3.82. The van der Waals surface area contributed by atoms with Gasteiger partial charge in [-0.3, -0.25) is 0 Å². The van der Waals surface area contributed by atoms with Gasteiger partial charge < -0.3 is 0 Å². The van der Waals surface area contributed by atoms with E-state index < -0.39 is 30.0 Å². The third-order valence-electron chi connectivity index (χ3n) is 1.44. The molecule has 1 rings (SSSR count). The van der Waals surface area contributed by atoms with Crippen LogP contribution in [0.3, 0.4) is 0 Å². The molecule has 0 unspecified atom stereocenters. The summed E-state index contributed by atoms with van der Waals surface area (Å²) in [6.45, 7) is 0. The molecular weight excluding hydrogens is 351 g/mol. The van der Waals surface area contributed by atoms with Crippen LogP contribution in [0.5, 0.6) is 5.75 Å². The van der Waals surface area contributed by atoms with Gasteiger partial charge in [0.25, 0.3) is 0 Å². The fraction of sp³-hybridized carbons (Fsp3) is 0. The van der Waals surface area contributed by atoms with E-state index in [1.807, 2.05) is 0 Å². The maximum absolute atomic E-state index is 10.2. The average molecular weight is 356 g/mol. The summed E-state index contributed by atoms with van der Waals surface area (Å²) in [5, 5.41) is 19.3. The number of phenols is 1. The summed E-state index contributed by atoms with van der Waals surface area (Å²) in [6.07, 6.45) is 0. The van der Waals surface area contributed by atoms with Crippen LogP contribution >= 0.6 is 0 Å². The third-order valence-corrected chi connectivity index (χ3v) is 4.97. The Morgan fingerprint density at radius 1 is 1.50 bits per heavy atom. The number of nitro benzene ring substituents is 1. The summed E-state index contributed by atoms with van der Waals surface area (Å²) < 4.78 is 9.24. The molecule has 0 amide bonds. The van der Waals surface area contributed by atoms with Crippen molar-refractivity contribution in [2.24, 2.45) is 0 Å². The molecule has 0 saturated carbocycles. The molecule has 5 nitrogen and oxygen atoms in total. The zero-order valence-electron chi connectivity index (χ0n) is 6.10. The summed E-state index contributed by atoms with van der Waals surface area (Å²) in [5.41, 5.74) is -0.0862. The van der Waals surface area contributed by atoms with Crippen molar-refractivity contribution in [1.29, 1.82) is 0 Å². The van der Waals surface area contributed by atoms with E-state index in [-0.39, 0.29) is 11.4 Å². The van der Waals surface area contributed by atoms with Gasteiger partial charge in [-0.1, -0.05) is 0 Å². The van der Waals surface area contributed by atoms with E-state index in [1.165, 1.54) is 18.2 Å². The summed E-state index contributed by atoms with van der Waals surface area (Å²) in [7, 11) is 0. The quantitative estimate of drug-likeness (QED) is 0.441. The average Bonchev–Trinajstić information content (AvgIpc) is 2.05. The zero-order chi connectivity index (χ0) is 9.14. The molecule has 2 N–H and O–H groups in total. The molecule has 0 bridgehead atoms. The molecule has 12 heavy (non-hydrogen) atoms. The fourth-order valence-electron chi connectivity index (χ4n) is 0.812. The summed E-state index contributed by atoms with van der Waals surface area (Å²) in [5.74, 6) is -0.0373. The standard InChI is InChI=1S/C6H4NO3.Hg.H2O/c8-6-3-1-5(2-4-6)7(9)10;;/h1-3,8H;;1H2/q;+1;/p-1. The van der Waals surface area contributed by atoms with Crippen LogP contribution in [0.25, 0.3) is 0 Å². The predicted molar refractivity (Wildman–Crippen MR) is 36.6 cm³/mol.